The number of hydrogen-bond donors (Lipinski definition) is 1. The molecule has 2 N–H and O–H groups in total. The molecule has 0 radical (unpaired) electrons. The van der Waals surface area contributed by atoms with Crippen LogP contribution in [-0.2, 0) is 4.79 Å². The zero-order valence-corrected chi connectivity index (χ0v) is 9.97. The zero-order valence-electron chi connectivity index (χ0n) is 7.57. The number of rotatable bonds is 5. The Hall–Kier alpha value is -0.550. The predicted molar refractivity (Wildman–Crippen MR) is 61.1 cm³/mol. The summed E-state index contributed by atoms with van der Waals surface area (Å²) >= 11 is 4.92. The van der Waals surface area contributed by atoms with E-state index in [9.17, 15) is 4.79 Å². The van der Waals surface area contributed by atoms with Crippen molar-refractivity contribution in [2.75, 3.05) is 5.75 Å². The average molecular weight is 275 g/mol. The van der Waals surface area contributed by atoms with Gasteiger partial charge in [-0.2, -0.15) is 0 Å². The Morgan fingerprint density at radius 2 is 2.36 bits per heavy atom. The molecule has 3 nitrogen and oxygen atoms in total. The Balaban J connectivity index is 2.28. The van der Waals surface area contributed by atoms with Crippen LogP contribution in [0.25, 0.3) is 0 Å². The van der Waals surface area contributed by atoms with Crippen LogP contribution in [-0.4, -0.2) is 16.6 Å². The minimum Gasteiger partial charge on any atom is -0.370 e. The van der Waals surface area contributed by atoms with E-state index in [1.165, 1.54) is 0 Å². The predicted octanol–water partition coefficient (Wildman–Crippen LogP) is 2.20. The number of nitrogens with two attached hydrogens (primary N) is 1. The Morgan fingerprint density at radius 1 is 1.57 bits per heavy atom. The molecule has 0 saturated heterocycles. The molecular weight excluding hydrogens is 264 g/mol. The molecule has 0 aliphatic heterocycles. The molecule has 1 aromatic rings. The van der Waals surface area contributed by atoms with Gasteiger partial charge in [-0.05, 0) is 40.2 Å². The van der Waals surface area contributed by atoms with Gasteiger partial charge >= 0.3 is 0 Å². The fourth-order valence-electron chi connectivity index (χ4n) is 0.893. The van der Waals surface area contributed by atoms with Crippen molar-refractivity contribution in [1.29, 1.82) is 0 Å². The lowest BCUT2D eigenvalue weighted by molar-refractivity contribution is -0.118. The van der Waals surface area contributed by atoms with E-state index in [0.717, 1.165) is 21.8 Å². The largest absolute Gasteiger partial charge is 0.370 e. The molecule has 0 aliphatic carbocycles. The molecule has 1 heterocycles. The molecule has 0 fully saturated rings. The van der Waals surface area contributed by atoms with Crippen LogP contribution in [0.4, 0.5) is 0 Å². The second-order valence-electron chi connectivity index (χ2n) is 2.72. The molecule has 14 heavy (non-hydrogen) atoms. The summed E-state index contributed by atoms with van der Waals surface area (Å²) in [5, 5.41) is 0.962. The highest BCUT2D eigenvalue weighted by atomic mass is 79.9. The van der Waals surface area contributed by atoms with Crippen molar-refractivity contribution in [2.45, 2.75) is 17.9 Å². The van der Waals surface area contributed by atoms with Gasteiger partial charge < -0.3 is 5.73 Å². The molecular formula is C9H11BrN2OS. The Kier molecular flexibility index (Phi) is 4.97. The number of halogens is 1. The van der Waals surface area contributed by atoms with Gasteiger partial charge in [0.2, 0.25) is 5.91 Å². The number of carbonyl (C=O) groups excluding carboxylic acids is 1. The van der Waals surface area contributed by atoms with Crippen LogP contribution in [0, 0.1) is 0 Å². The fraction of sp³-hybridized carbons (Fsp3) is 0.333. The van der Waals surface area contributed by atoms with Crippen molar-refractivity contribution in [2.24, 2.45) is 5.73 Å². The average Bonchev–Trinajstić information content (AvgIpc) is 2.12. The Labute approximate surface area is 95.6 Å². The second-order valence-corrected chi connectivity index (χ2v) is 4.64. The third-order valence-corrected chi connectivity index (χ3v) is 2.96. The monoisotopic (exact) mass is 274 g/mol. The first-order chi connectivity index (χ1) is 6.68. The van der Waals surface area contributed by atoms with Crippen molar-refractivity contribution in [3.63, 3.8) is 0 Å². The summed E-state index contributed by atoms with van der Waals surface area (Å²) in [6.45, 7) is 0. The maximum atomic E-state index is 10.5. The summed E-state index contributed by atoms with van der Waals surface area (Å²) in [7, 11) is 0. The number of primary amides is 1. The van der Waals surface area contributed by atoms with Gasteiger partial charge in [0.05, 0.1) is 5.03 Å². The third-order valence-electron chi connectivity index (χ3n) is 1.51. The number of carbonyl (C=O) groups is 1. The van der Waals surface area contributed by atoms with E-state index in [1.807, 2.05) is 18.2 Å². The number of nitrogens with zero attached hydrogens (tertiary/aromatic N) is 1. The van der Waals surface area contributed by atoms with Crippen LogP contribution in [0.3, 0.4) is 0 Å². The Morgan fingerprint density at radius 3 is 3.00 bits per heavy atom. The van der Waals surface area contributed by atoms with E-state index in [-0.39, 0.29) is 5.91 Å². The molecule has 0 aliphatic rings. The molecule has 5 heteroatoms. The van der Waals surface area contributed by atoms with Gasteiger partial charge in [0.25, 0.3) is 0 Å². The van der Waals surface area contributed by atoms with Crippen molar-refractivity contribution in [3.8, 4) is 0 Å². The van der Waals surface area contributed by atoms with Crippen molar-refractivity contribution >= 4 is 33.6 Å². The maximum absolute atomic E-state index is 10.5. The lowest BCUT2D eigenvalue weighted by Crippen LogP contribution is -2.09. The zero-order chi connectivity index (χ0) is 10.4. The third kappa shape index (κ3) is 4.62. The summed E-state index contributed by atoms with van der Waals surface area (Å²) < 4.78 is 0.831. The lowest BCUT2D eigenvalue weighted by Gasteiger charge is -1.99. The van der Waals surface area contributed by atoms with Crippen LogP contribution in [0.1, 0.15) is 12.8 Å². The molecule has 0 spiro atoms. The first-order valence-electron chi connectivity index (χ1n) is 4.22. The molecule has 0 saturated carbocycles. The number of thioether (sulfide) groups is 1. The topological polar surface area (TPSA) is 56.0 Å². The van der Waals surface area contributed by atoms with E-state index in [0.29, 0.717) is 6.42 Å². The van der Waals surface area contributed by atoms with Crippen LogP contribution in [0.15, 0.2) is 27.8 Å². The minimum absolute atomic E-state index is 0.243. The van der Waals surface area contributed by atoms with Gasteiger partial charge in [-0.1, -0.05) is 6.07 Å². The molecule has 76 valence electrons. The molecule has 1 amide bonds. The van der Waals surface area contributed by atoms with Gasteiger partial charge in [0.15, 0.2) is 0 Å². The number of pyridine rings is 1. The summed E-state index contributed by atoms with van der Waals surface area (Å²) in [5.74, 6) is 0.625. The maximum Gasteiger partial charge on any atom is 0.217 e. The van der Waals surface area contributed by atoms with Crippen molar-refractivity contribution < 1.29 is 4.79 Å². The second kappa shape index (κ2) is 6.03. The van der Waals surface area contributed by atoms with E-state index in [4.69, 9.17) is 5.73 Å². The van der Waals surface area contributed by atoms with Crippen LogP contribution >= 0.6 is 27.7 Å². The summed E-state index contributed by atoms with van der Waals surface area (Å²) in [6, 6.07) is 5.76. The van der Waals surface area contributed by atoms with Crippen LogP contribution in [0.5, 0.6) is 0 Å². The first kappa shape index (κ1) is 11.5. The van der Waals surface area contributed by atoms with Gasteiger partial charge in [0, 0.05) is 6.42 Å². The highest BCUT2D eigenvalue weighted by molar-refractivity contribution is 9.10. The van der Waals surface area contributed by atoms with E-state index in [2.05, 4.69) is 20.9 Å². The highest BCUT2D eigenvalue weighted by Crippen LogP contribution is 2.18. The van der Waals surface area contributed by atoms with Gasteiger partial charge in [0.1, 0.15) is 4.60 Å². The van der Waals surface area contributed by atoms with Gasteiger partial charge in [-0.3, -0.25) is 4.79 Å². The fourth-order valence-corrected chi connectivity index (χ4v) is 2.19. The first-order valence-corrected chi connectivity index (χ1v) is 6.00. The smallest absolute Gasteiger partial charge is 0.217 e. The van der Waals surface area contributed by atoms with Crippen LogP contribution < -0.4 is 5.73 Å². The quantitative estimate of drug-likeness (QED) is 0.509. The van der Waals surface area contributed by atoms with Gasteiger partial charge in [-0.25, -0.2) is 4.98 Å². The normalized spacial score (nSPS) is 10.1. The highest BCUT2D eigenvalue weighted by Gasteiger charge is 1.98. The summed E-state index contributed by atoms with van der Waals surface area (Å²) in [6.07, 6.45) is 1.25. The minimum atomic E-state index is -0.243. The molecule has 0 aromatic carbocycles. The SMILES string of the molecule is NC(=O)CCCSc1cccc(Br)n1. The molecule has 0 bridgehead atoms. The number of hydrogen-bond acceptors (Lipinski definition) is 3. The number of amides is 1. The summed E-state index contributed by atoms with van der Waals surface area (Å²) in [5.41, 5.74) is 5.02. The number of aromatic nitrogens is 1. The molecule has 1 aromatic heterocycles. The molecule has 0 atom stereocenters. The lowest BCUT2D eigenvalue weighted by atomic mass is 10.3. The standard InChI is InChI=1S/C9H11BrN2OS/c10-7-3-1-5-9(12-7)14-6-2-4-8(11)13/h1,3,5H,2,4,6H2,(H2,11,13). The van der Waals surface area contributed by atoms with E-state index in [1.54, 1.807) is 11.8 Å². The van der Waals surface area contributed by atoms with Crippen molar-refractivity contribution in [1.82, 2.24) is 4.98 Å². The van der Waals surface area contributed by atoms with Gasteiger partial charge in [-0.15, -0.1) is 11.8 Å². The van der Waals surface area contributed by atoms with E-state index < -0.39 is 0 Å². The van der Waals surface area contributed by atoms with E-state index >= 15 is 0 Å². The summed E-state index contributed by atoms with van der Waals surface area (Å²) in [4.78, 5) is 14.7. The molecule has 1 rings (SSSR count). The van der Waals surface area contributed by atoms with Crippen molar-refractivity contribution in [3.05, 3.63) is 22.8 Å². The molecule has 0 unspecified atom stereocenters. The Bertz CT molecular complexity index is 319. The van der Waals surface area contributed by atoms with Crippen LogP contribution in [0.2, 0.25) is 0 Å².